The second-order valence-electron chi connectivity index (χ2n) is 12.5. The van der Waals surface area contributed by atoms with E-state index < -0.39 is 17.7 Å². The van der Waals surface area contributed by atoms with Crippen LogP contribution in [0.25, 0.3) is 0 Å². The van der Waals surface area contributed by atoms with E-state index in [-0.39, 0.29) is 23.8 Å². The van der Waals surface area contributed by atoms with Crippen LogP contribution >= 0.6 is 0 Å². The Morgan fingerprint density at radius 3 is 2.20 bits per heavy atom. The average Bonchev–Trinajstić information content (AvgIpc) is 3.42. The zero-order valence-corrected chi connectivity index (χ0v) is 24.6. The van der Waals surface area contributed by atoms with Crippen molar-refractivity contribution in [2.24, 2.45) is 5.92 Å². The van der Waals surface area contributed by atoms with Crippen LogP contribution in [0.15, 0.2) is 36.5 Å². The van der Waals surface area contributed by atoms with Crippen LogP contribution in [0, 0.1) is 5.92 Å². The van der Waals surface area contributed by atoms with E-state index in [1.807, 2.05) is 51.7 Å². The third kappa shape index (κ3) is 7.64. The molecule has 1 saturated heterocycles. The van der Waals surface area contributed by atoms with Crippen molar-refractivity contribution in [2.45, 2.75) is 103 Å². The zero-order valence-electron chi connectivity index (χ0n) is 24.6. The lowest BCUT2D eigenvalue weighted by atomic mass is 9.82. The van der Waals surface area contributed by atoms with Crippen molar-refractivity contribution in [2.75, 3.05) is 18.4 Å². The van der Waals surface area contributed by atoms with E-state index in [4.69, 9.17) is 4.74 Å². The summed E-state index contributed by atoms with van der Waals surface area (Å²) in [6.07, 6.45) is 8.09. The summed E-state index contributed by atoms with van der Waals surface area (Å²) >= 11 is 0. The fraction of sp³-hybridized carbons (Fsp3) is 0.613. The molecule has 4 rings (SSSR count). The highest BCUT2D eigenvalue weighted by Gasteiger charge is 2.36. The summed E-state index contributed by atoms with van der Waals surface area (Å²) in [7, 11) is 0. The Labute approximate surface area is 238 Å². The molecule has 0 spiro atoms. The zero-order chi connectivity index (χ0) is 28.9. The fourth-order valence-electron chi connectivity index (χ4n) is 5.85. The number of hydrogen-bond donors (Lipinski definition) is 2. The number of amides is 3. The number of carbonyl (C=O) groups excluding carboxylic acids is 3. The van der Waals surface area contributed by atoms with Crippen LogP contribution < -0.4 is 10.6 Å². The molecule has 9 nitrogen and oxygen atoms in total. The van der Waals surface area contributed by atoms with Gasteiger partial charge in [-0.3, -0.25) is 14.3 Å². The lowest BCUT2D eigenvalue weighted by Gasteiger charge is -2.38. The number of hydrogen-bond acceptors (Lipinski definition) is 5. The average molecular weight is 552 g/mol. The molecular formula is C31H45N5O4. The van der Waals surface area contributed by atoms with Crippen LogP contribution in [0.1, 0.15) is 108 Å². The number of piperidine rings is 1. The van der Waals surface area contributed by atoms with Crippen LogP contribution in [0.3, 0.4) is 0 Å². The van der Waals surface area contributed by atoms with Crippen LogP contribution in [0.4, 0.5) is 10.5 Å². The Balaban J connectivity index is 1.34. The highest BCUT2D eigenvalue weighted by Crippen LogP contribution is 2.32. The standard InChI is InChI=1S/C31H45N5O4/c1-21(2)36-26(15-18-32-36)28(37)33-25-13-11-22(12-14-25)23-16-19-35(20-17-23)29(38)27(24-9-7-6-8-10-24)34-30(39)40-31(3,4)5/h11-15,18,21,23-24,27H,6-10,16-17,19-20H2,1-5H3,(H,33,37)(H,34,39). The summed E-state index contributed by atoms with van der Waals surface area (Å²) in [4.78, 5) is 40.9. The third-order valence-corrected chi connectivity index (χ3v) is 7.90. The van der Waals surface area contributed by atoms with Crippen molar-refractivity contribution in [3.05, 3.63) is 47.8 Å². The Hall–Kier alpha value is -3.36. The Kier molecular flexibility index (Phi) is 9.53. The number of carbonyl (C=O) groups is 3. The van der Waals surface area contributed by atoms with Gasteiger partial charge in [-0.2, -0.15) is 5.10 Å². The number of anilines is 1. The Bertz CT molecular complexity index is 1150. The molecule has 1 aliphatic carbocycles. The van der Waals surface area contributed by atoms with E-state index in [2.05, 4.69) is 27.9 Å². The molecule has 1 aliphatic heterocycles. The molecule has 1 atom stereocenters. The van der Waals surface area contributed by atoms with Gasteiger partial charge < -0.3 is 20.3 Å². The Morgan fingerprint density at radius 1 is 0.950 bits per heavy atom. The minimum absolute atomic E-state index is 0.00917. The molecule has 0 bridgehead atoms. The summed E-state index contributed by atoms with van der Waals surface area (Å²) in [5, 5.41) is 10.1. The van der Waals surface area contributed by atoms with Gasteiger partial charge in [0.1, 0.15) is 17.3 Å². The molecule has 9 heteroatoms. The monoisotopic (exact) mass is 551 g/mol. The molecule has 1 aromatic heterocycles. The van der Waals surface area contributed by atoms with Crippen molar-refractivity contribution in [3.63, 3.8) is 0 Å². The van der Waals surface area contributed by atoms with Gasteiger partial charge >= 0.3 is 6.09 Å². The summed E-state index contributed by atoms with van der Waals surface area (Å²) in [6, 6.07) is 9.28. The molecule has 2 heterocycles. The van der Waals surface area contributed by atoms with E-state index in [1.54, 1.807) is 16.9 Å². The quantitative estimate of drug-likeness (QED) is 0.446. The number of benzene rings is 1. The van der Waals surface area contributed by atoms with Crippen molar-refractivity contribution in [1.29, 1.82) is 0 Å². The van der Waals surface area contributed by atoms with Gasteiger partial charge in [0.15, 0.2) is 0 Å². The van der Waals surface area contributed by atoms with Gasteiger partial charge in [-0.25, -0.2) is 4.79 Å². The highest BCUT2D eigenvalue weighted by atomic mass is 16.6. The second-order valence-corrected chi connectivity index (χ2v) is 12.5. The predicted molar refractivity (Wildman–Crippen MR) is 155 cm³/mol. The first-order chi connectivity index (χ1) is 19.0. The van der Waals surface area contributed by atoms with Crippen LogP contribution in [0.2, 0.25) is 0 Å². The van der Waals surface area contributed by atoms with Crippen molar-refractivity contribution in [3.8, 4) is 0 Å². The molecule has 2 aromatic rings. The van der Waals surface area contributed by atoms with Crippen molar-refractivity contribution in [1.82, 2.24) is 20.0 Å². The topological polar surface area (TPSA) is 106 Å². The van der Waals surface area contributed by atoms with Crippen LogP contribution in [-0.4, -0.2) is 57.3 Å². The number of nitrogens with zero attached hydrogens (tertiary/aromatic N) is 3. The van der Waals surface area contributed by atoms with Gasteiger partial charge in [0.05, 0.1) is 0 Å². The summed E-state index contributed by atoms with van der Waals surface area (Å²) in [5.41, 5.74) is 1.86. The lowest BCUT2D eigenvalue weighted by Crippen LogP contribution is -2.54. The molecule has 2 aliphatic rings. The molecule has 40 heavy (non-hydrogen) atoms. The summed E-state index contributed by atoms with van der Waals surface area (Å²) < 4.78 is 7.20. The van der Waals surface area contributed by atoms with E-state index in [9.17, 15) is 14.4 Å². The number of ether oxygens (including phenoxy) is 1. The van der Waals surface area contributed by atoms with Crippen molar-refractivity contribution < 1.29 is 19.1 Å². The van der Waals surface area contributed by atoms with E-state index >= 15 is 0 Å². The summed E-state index contributed by atoms with van der Waals surface area (Å²) in [6.45, 7) is 10.8. The van der Waals surface area contributed by atoms with Crippen LogP contribution in [0.5, 0.6) is 0 Å². The number of nitrogens with one attached hydrogen (secondary N) is 2. The lowest BCUT2D eigenvalue weighted by molar-refractivity contribution is -0.136. The maximum atomic E-state index is 13.7. The first-order valence-electron chi connectivity index (χ1n) is 14.7. The number of rotatable bonds is 7. The smallest absolute Gasteiger partial charge is 0.408 e. The maximum Gasteiger partial charge on any atom is 0.408 e. The molecule has 2 fully saturated rings. The largest absolute Gasteiger partial charge is 0.444 e. The normalized spacial score (nSPS) is 17.9. The maximum absolute atomic E-state index is 13.7. The van der Waals surface area contributed by atoms with E-state index in [0.29, 0.717) is 24.7 Å². The molecule has 1 saturated carbocycles. The van der Waals surface area contributed by atoms with Gasteiger partial charge in [-0.05, 0) is 95.9 Å². The molecule has 0 radical (unpaired) electrons. The molecular weight excluding hydrogens is 506 g/mol. The first kappa shape index (κ1) is 29.6. The molecule has 2 N–H and O–H groups in total. The molecule has 3 amide bonds. The van der Waals surface area contributed by atoms with Gasteiger partial charge in [0.2, 0.25) is 5.91 Å². The van der Waals surface area contributed by atoms with Gasteiger partial charge in [-0.1, -0.05) is 31.4 Å². The Morgan fingerprint density at radius 2 is 1.60 bits per heavy atom. The highest BCUT2D eigenvalue weighted by molar-refractivity contribution is 6.03. The SMILES string of the molecule is CC(C)n1nccc1C(=O)Nc1ccc(C2CCN(C(=O)C(NC(=O)OC(C)(C)C)C3CCCCC3)CC2)cc1. The van der Waals surface area contributed by atoms with Gasteiger partial charge in [0.25, 0.3) is 5.91 Å². The van der Waals surface area contributed by atoms with E-state index in [0.717, 1.165) is 44.2 Å². The predicted octanol–water partition coefficient (Wildman–Crippen LogP) is 5.90. The van der Waals surface area contributed by atoms with Gasteiger partial charge in [-0.15, -0.1) is 0 Å². The van der Waals surface area contributed by atoms with E-state index in [1.165, 1.54) is 12.0 Å². The first-order valence-corrected chi connectivity index (χ1v) is 14.7. The summed E-state index contributed by atoms with van der Waals surface area (Å²) in [5.74, 6) is 0.310. The van der Waals surface area contributed by atoms with Crippen LogP contribution in [-0.2, 0) is 9.53 Å². The van der Waals surface area contributed by atoms with Crippen molar-refractivity contribution >= 4 is 23.6 Å². The second kappa shape index (κ2) is 12.9. The number of alkyl carbamates (subject to hydrolysis) is 1. The molecule has 1 unspecified atom stereocenters. The molecule has 1 aromatic carbocycles. The number of likely N-dealkylation sites (tertiary alicyclic amines) is 1. The minimum atomic E-state index is -0.614. The minimum Gasteiger partial charge on any atom is -0.444 e. The third-order valence-electron chi connectivity index (χ3n) is 7.90. The number of aromatic nitrogens is 2. The van der Waals surface area contributed by atoms with Gasteiger partial charge in [0, 0.05) is 31.0 Å². The fourth-order valence-corrected chi connectivity index (χ4v) is 5.85. The molecule has 218 valence electrons.